The summed E-state index contributed by atoms with van der Waals surface area (Å²) < 4.78 is 10.3. The van der Waals surface area contributed by atoms with Gasteiger partial charge >= 0.3 is 0 Å². The lowest BCUT2D eigenvalue weighted by Gasteiger charge is -2.00. The Labute approximate surface area is 88.0 Å². The van der Waals surface area contributed by atoms with Gasteiger partial charge in [-0.1, -0.05) is 5.16 Å². The highest BCUT2D eigenvalue weighted by Crippen LogP contribution is 2.23. The molecule has 5 nitrogen and oxygen atoms in total. The number of hydrogen-bond acceptors (Lipinski definition) is 5. The fourth-order valence-electron chi connectivity index (χ4n) is 1.52. The van der Waals surface area contributed by atoms with Crippen LogP contribution < -0.4 is 5.73 Å². The van der Waals surface area contributed by atoms with Gasteiger partial charge in [0.05, 0.1) is 12.6 Å². The van der Waals surface area contributed by atoms with Crippen molar-refractivity contribution in [3.05, 3.63) is 11.7 Å². The Kier molecular flexibility index (Phi) is 2.99. The van der Waals surface area contributed by atoms with E-state index in [0.29, 0.717) is 24.7 Å². The lowest BCUT2D eigenvalue weighted by Crippen LogP contribution is -2.10. The van der Waals surface area contributed by atoms with Gasteiger partial charge in [-0.05, 0) is 6.42 Å². The second-order valence-electron chi connectivity index (χ2n) is 3.57. The minimum atomic E-state index is -0.362. The van der Waals surface area contributed by atoms with Gasteiger partial charge in [0.2, 0.25) is 5.89 Å². The Balaban J connectivity index is 2.06. The van der Waals surface area contributed by atoms with Crippen LogP contribution in [-0.2, 0) is 4.74 Å². The maximum atomic E-state index is 5.75. The van der Waals surface area contributed by atoms with Crippen molar-refractivity contribution in [1.29, 1.82) is 0 Å². The molecular weight excluding hydrogens is 194 g/mol. The van der Waals surface area contributed by atoms with Gasteiger partial charge < -0.3 is 15.0 Å². The zero-order chi connectivity index (χ0) is 10.7. The van der Waals surface area contributed by atoms with Crippen molar-refractivity contribution in [2.45, 2.75) is 24.8 Å². The molecule has 0 saturated carbocycles. The van der Waals surface area contributed by atoms with Gasteiger partial charge in [-0.25, -0.2) is 0 Å². The van der Waals surface area contributed by atoms with Crippen LogP contribution in [0.3, 0.4) is 0 Å². The van der Waals surface area contributed by atoms with Crippen LogP contribution in [0, 0.1) is 12.3 Å². The molecule has 80 valence electrons. The van der Waals surface area contributed by atoms with Crippen molar-refractivity contribution in [1.82, 2.24) is 10.1 Å². The topological polar surface area (TPSA) is 74.2 Å². The van der Waals surface area contributed by atoms with E-state index in [0.717, 1.165) is 13.0 Å². The van der Waals surface area contributed by atoms with Gasteiger partial charge in [-0.3, -0.25) is 0 Å². The summed E-state index contributed by atoms with van der Waals surface area (Å²) in [5.74, 6) is 3.79. The fourth-order valence-corrected chi connectivity index (χ4v) is 1.52. The van der Waals surface area contributed by atoms with E-state index in [4.69, 9.17) is 21.4 Å². The first-order valence-corrected chi connectivity index (χ1v) is 4.91. The minimum Gasteiger partial charge on any atom is -0.381 e. The van der Waals surface area contributed by atoms with Gasteiger partial charge in [0, 0.05) is 18.9 Å². The molecule has 1 fully saturated rings. The molecule has 0 spiro atoms. The molecule has 0 radical (unpaired) electrons. The first-order chi connectivity index (χ1) is 7.31. The third kappa shape index (κ3) is 2.17. The van der Waals surface area contributed by atoms with Gasteiger partial charge in [-0.15, -0.1) is 12.3 Å². The summed E-state index contributed by atoms with van der Waals surface area (Å²) in [6, 6.07) is -0.362. The molecule has 1 aromatic rings. The highest BCUT2D eigenvalue weighted by atomic mass is 16.5. The predicted molar refractivity (Wildman–Crippen MR) is 52.9 cm³/mol. The first kappa shape index (κ1) is 10.1. The summed E-state index contributed by atoms with van der Waals surface area (Å²) in [7, 11) is 0. The normalized spacial score (nSPS) is 22.5. The van der Waals surface area contributed by atoms with E-state index in [1.165, 1.54) is 0 Å². The summed E-state index contributed by atoms with van der Waals surface area (Å²) in [5, 5.41) is 3.89. The number of rotatable bonds is 3. The van der Waals surface area contributed by atoms with Crippen molar-refractivity contribution in [2.24, 2.45) is 5.73 Å². The zero-order valence-electron chi connectivity index (χ0n) is 8.35. The van der Waals surface area contributed by atoms with E-state index in [9.17, 15) is 0 Å². The number of nitrogens with two attached hydrogens (primary N) is 1. The molecule has 1 aliphatic heterocycles. The van der Waals surface area contributed by atoms with Crippen LogP contribution in [-0.4, -0.2) is 23.4 Å². The fraction of sp³-hybridized carbons (Fsp3) is 0.600. The van der Waals surface area contributed by atoms with Crippen molar-refractivity contribution < 1.29 is 9.26 Å². The monoisotopic (exact) mass is 207 g/mol. The van der Waals surface area contributed by atoms with E-state index in [-0.39, 0.29) is 12.0 Å². The molecule has 2 N–H and O–H groups in total. The molecule has 1 saturated heterocycles. The Morgan fingerprint density at radius 3 is 3.20 bits per heavy atom. The molecule has 0 amide bonds. The molecule has 2 atom stereocenters. The Hall–Kier alpha value is -1.38. The molecule has 5 heteroatoms. The molecule has 2 heterocycles. The number of aromatic nitrogens is 2. The minimum absolute atomic E-state index is 0.237. The van der Waals surface area contributed by atoms with Gasteiger partial charge in [-0.2, -0.15) is 4.98 Å². The van der Waals surface area contributed by atoms with Gasteiger partial charge in [0.1, 0.15) is 0 Å². The molecule has 0 aromatic carbocycles. The molecule has 15 heavy (non-hydrogen) atoms. The number of terminal acetylenes is 1. The van der Waals surface area contributed by atoms with Crippen LogP contribution in [0.1, 0.15) is 36.5 Å². The molecule has 1 aromatic heterocycles. The zero-order valence-corrected chi connectivity index (χ0v) is 8.35. The lowest BCUT2D eigenvalue weighted by atomic mass is 10.1. The predicted octanol–water partition coefficient (Wildman–Crippen LogP) is 0.597. The molecule has 0 aliphatic carbocycles. The lowest BCUT2D eigenvalue weighted by molar-refractivity contribution is 0.192. The molecule has 2 rings (SSSR count). The van der Waals surface area contributed by atoms with E-state index in [1.54, 1.807) is 0 Å². The smallest absolute Gasteiger partial charge is 0.244 e. The maximum absolute atomic E-state index is 5.75. The third-order valence-electron chi connectivity index (χ3n) is 2.41. The molecular formula is C10H13N3O2. The van der Waals surface area contributed by atoms with Crippen molar-refractivity contribution in [2.75, 3.05) is 13.2 Å². The number of hydrogen-bond donors (Lipinski definition) is 1. The van der Waals surface area contributed by atoms with E-state index in [2.05, 4.69) is 16.1 Å². The van der Waals surface area contributed by atoms with Crippen molar-refractivity contribution in [3.63, 3.8) is 0 Å². The summed E-state index contributed by atoms with van der Waals surface area (Å²) >= 11 is 0. The van der Waals surface area contributed by atoms with Crippen molar-refractivity contribution in [3.8, 4) is 12.3 Å². The molecule has 2 unspecified atom stereocenters. The quantitative estimate of drug-likeness (QED) is 0.734. The van der Waals surface area contributed by atoms with E-state index >= 15 is 0 Å². The molecule has 0 bridgehead atoms. The van der Waals surface area contributed by atoms with Crippen LogP contribution >= 0.6 is 0 Å². The summed E-state index contributed by atoms with van der Waals surface area (Å²) in [5.41, 5.74) is 5.75. The van der Waals surface area contributed by atoms with Crippen LogP contribution in [0.25, 0.3) is 0 Å². The average molecular weight is 207 g/mol. The molecule has 1 aliphatic rings. The Morgan fingerprint density at radius 1 is 1.67 bits per heavy atom. The Morgan fingerprint density at radius 2 is 2.53 bits per heavy atom. The van der Waals surface area contributed by atoms with Crippen molar-refractivity contribution >= 4 is 0 Å². The number of ether oxygens (including phenoxy) is 1. The van der Waals surface area contributed by atoms with E-state index < -0.39 is 0 Å². The summed E-state index contributed by atoms with van der Waals surface area (Å²) in [6.07, 6.45) is 6.50. The van der Waals surface area contributed by atoms with Gasteiger partial charge in [0.15, 0.2) is 5.82 Å². The van der Waals surface area contributed by atoms with Crippen LogP contribution in [0.4, 0.5) is 0 Å². The Bertz CT molecular complexity index is 363. The second-order valence-corrected chi connectivity index (χ2v) is 3.57. The highest BCUT2D eigenvalue weighted by molar-refractivity contribution is 5.02. The third-order valence-corrected chi connectivity index (χ3v) is 2.41. The van der Waals surface area contributed by atoms with Crippen LogP contribution in [0.5, 0.6) is 0 Å². The van der Waals surface area contributed by atoms with Crippen LogP contribution in [0.15, 0.2) is 4.52 Å². The highest BCUT2D eigenvalue weighted by Gasteiger charge is 2.24. The first-order valence-electron chi connectivity index (χ1n) is 4.91. The second kappa shape index (κ2) is 4.43. The van der Waals surface area contributed by atoms with Gasteiger partial charge in [0.25, 0.3) is 0 Å². The average Bonchev–Trinajstić information content (AvgIpc) is 2.89. The summed E-state index contributed by atoms with van der Waals surface area (Å²) in [6.45, 7) is 1.41. The largest absolute Gasteiger partial charge is 0.381 e. The SMILES string of the molecule is C#CCC(N)c1nc(C2CCOC2)no1. The maximum Gasteiger partial charge on any atom is 0.244 e. The van der Waals surface area contributed by atoms with Crippen LogP contribution in [0.2, 0.25) is 0 Å². The van der Waals surface area contributed by atoms with E-state index in [1.807, 2.05) is 0 Å². The summed E-state index contributed by atoms with van der Waals surface area (Å²) in [4.78, 5) is 4.23. The number of nitrogens with zero attached hydrogens (tertiary/aromatic N) is 2. The standard InChI is InChI=1S/C10H13N3O2/c1-2-3-8(11)10-12-9(13-15-10)7-4-5-14-6-7/h1,7-8H,3-6,11H2.